The van der Waals surface area contributed by atoms with E-state index < -0.39 is 0 Å². The quantitative estimate of drug-likeness (QED) is 0.854. The third-order valence-electron chi connectivity index (χ3n) is 2.82. The van der Waals surface area contributed by atoms with Gasteiger partial charge in [0.05, 0.1) is 0 Å². The van der Waals surface area contributed by atoms with E-state index in [1.54, 1.807) is 6.20 Å². The van der Waals surface area contributed by atoms with Crippen LogP contribution in [0.15, 0.2) is 41.8 Å². The zero-order valence-electron chi connectivity index (χ0n) is 11.1. The van der Waals surface area contributed by atoms with Crippen molar-refractivity contribution in [3.8, 4) is 0 Å². The minimum atomic E-state index is -0.0439. The van der Waals surface area contributed by atoms with E-state index in [0.717, 1.165) is 17.3 Å². The van der Waals surface area contributed by atoms with Gasteiger partial charge in [-0.25, -0.2) is 4.98 Å². The first-order chi connectivity index (χ1) is 9.22. The average molecular weight is 275 g/mol. The molecule has 0 saturated carbocycles. The summed E-state index contributed by atoms with van der Waals surface area (Å²) in [5, 5.41) is 3.73. The van der Waals surface area contributed by atoms with E-state index in [1.807, 2.05) is 41.3 Å². The molecule has 1 aromatic carbocycles. The molecule has 0 aliphatic carbocycles. The second-order valence-corrected chi connectivity index (χ2v) is 4.91. The van der Waals surface area contributed by atoms with Crippen LogP contribution >= 0.6 is 11.8 Å². The lowest BCUT2D eigenvalue weighted by Crippen LogP contribution is -2.18. The summed E-state index contributed by atoms with van der Waals surface area (Å²) in [5.41, 5.74) is 2.09. The number of anilines is 1. The van der Waals surface area contributed by atoms with Gasteiger partial charge in [0.15, 0.2) is 5.16 Å². The van der Waals surface area contributed by atoms with E-state index in [1.165, 1.54) is 17.3 Å². The van der Waals surface area contributed by atoms with Gasteiger partial charge in [-0.2, -0.15) is 0 Å². The van der Waals surface area contributed by atoms with Gasteiger partial charge in [-0.3, -0.25) is 4.79 Å². The summed E-state index contributed by atoms with van der Waals surface area (Å²) in [5.74, 6) is -0.0439. The number of hydrogen-bond acceptors (Lipinski definition) is 3. The Morgan fingerprint density at radius 2 is 2.11 bits per heavy atom. The van der Waals surface area contributed by atoms with Gasteiger partial charge in [-0.05, 0) is 30.4 Å². The molecule has 100 valence electrons. The van der Waals surface area contributed by atoms with E-state index >= 15 is 0 Å². The molecule has 1 N–H and O–H groups in total. The molecule has 0 aliphatic rings. The molecule has 1 amide bonds. The Labute approximate surface area is 117 Å². The summed E-state index contributed by atoms with van der Waals surface area (Å²) in [6.07, 6.45) is 6.46. The molecule has 2 rings (SSSR count). The predicted molar refractivity (Wildman–Crippen MR) is 78.5 cm³/mol. The van der Waals surface area contributed by atoms with Crippen LogP contribution in [0.3, 0.4) is 0 Å². The Balaban J connectivity index is 1.97. The highest BCUT2D eigenvalue weighted by Gasteiger charge is 2.07. The molecule has 0 unspecified atom stereocenters. The van der Waals surface area contributed by atoms with Crippen LogP contribution in [0.1, 0.15) is 12.5 Å². The molecule has 0 saturated heterocycles. The summed E-state index contributed by atoms with van der Waals surface area (Å²) in [6, 6.07) is 7.92. The fourth-order valence-corrected chi connectivity index (χ4v) is 2.31. The minimum Gasteiger partial charge on any atom is -0.325 e. The maximum atomic E-state index is 11.9. The summed E-state index contributed by atoms with van der Waals surface area (Å²) in [7, 11) is 0. The third-order valence-corrected chi connectivity index (χ3v) is 3.52. The van der Waals surface area contributed by atoms with E-state index in [9.17, 15) is 4.79 Å². The van der Waals surface area contributed by atoms with Gasteiger partial charge < -0.3 is 9.88 Å². The van der Waals surface area contributed by atoms with Gasteiger partial charge in [-0.1, -0.05) is 30.8 Å². The molecule has 0 radical (unpaired) electrons. The minimum absolute atomic E-state index is 0.0439. The van der Waals surface area contributed by atoms with Crippen molar-refractivity contribution < 1.29 is 4.79 Å². The van der Waals surface area contributed by atoms with Crippen LogP contribution < -0.4 is 5.32 Å². The number of nitrogens with one attached hydrogen (secondary N) is 1. The molecule has 4 nitrogen and oxygen atoms in total. The number of thioether (sulfide) groups is 1. The Hall–Kier alpha value is -1.75. The number of carbonyl (C=O) groups excluding carboxylic acids is 1. The van der Waals surface area contributed by atoms with Crippen molar-refractivity contribution in [1.82, 2.24) is 9.55 Å². The molecule has 5 heteroatoms. The molecule has 1 aromatic heterocycles. The highest BCUT2D eigenvalue weighted by molar-refractivity contribution is 7.98. The van der Waals surface area contributed by atoms with Crippen LogP contribution in [0.2, 0.25) is 0 Å². The fourth-order valence-electron chi connectivity index (χ4n) is 1.78. The van der Waals surface area contributed by atoms with Crippen LogP contribution in [0.25, 0.3) is 0 Å². The molecular weight excluding hydrogens is 258 g/mol. The maximum Gasteiger partial charge on any atom is 0.244 e. The monoisotopic (exact) mass is 275 g/mol. The molecule has 0 bridgehead atoms. The Bertz CT molecular complexity index is 548. The van der Waals surface area contributed by atoms with Gasteiger partial charge in [0, 0.05) is 18.1 Å². The molecular formula is C14H17N3OS. The lowest BCUT2D eigenvalue weighted by Gasteiger charge is -2.08. The number of aryl methyl sites for hydroxylation is 1. The van der Waals surface area contributed by atoms with Gasteiger partial charge >= 0.3 is 0 Å². The molecule has 19 heavy (non-hydrogen) atoms. The summed E-state index contributed by atoms with van der Waals surface area (Å²) >= 11 is 1.53. The second kappa shape index (κ2) is 6.43. The zero-order chi connectivity index (χ0) is 13.7. The fraction of sp³-hybridized carbons (Fsp3) is 0.286. The number of aromatic nitrogens is 2. The van der Waals surface area contributed by atoms with Crippen LogP contribution in [0.4, 0.5) is 5.69 Å². The summed E-state index contributed by atoms with van der Waals surface area (Å²) < 4.78 is 1.83. The lowest BCUT2D eigenvalue weighted by atomic mass is 10.1. The number of benzene rings is 1. The summed E-state index contributed by atoms with van der Waals surface area (Å²) in [4.78, 5) is 16.1. The number of carbonyl (C=O) groups is 1. The first-order valence-corrected chi connectivity index (χ1v) is 7.39. The zero-order valence-corrected chi connectivity index (χ0v) is 11.9. The molecule has 0 spiro atoms. The first-order valence-electron chi connectivity index (χ1n) is 6.17. The van der Waals surface area contributed by atoms with Crippen molar-refractivity contribution in [1.29, 1.82) is 0 Å². The van der Waals surface area contributed by atoms with Crippen molar-refractivity contribution in [3.63, 3.8) is 0 Å². The Kier molecular flexibility index (Phi) is 4.63. The SMILES string of the molecule is CCc1ccc(NC(=O)Cn2ccnc2SC)cc1. The average Bonchev–Trinajstić information content (AvgIpc) is 2.86. The van der Waals surface area contributed by atoms with Crippen LogP contribution in [-0.2, 0) is 17.8 Å². The van der Waals surface area contributed by atoms with E-state index in [2.05, 4.69) is 17.2 Å². The summed E-state index contributed by atoms with van der Waals surface area (Å²) in [6.45, 7) is 2.39. The molecule has 2 aromatic rings. The van der Waals surface area contributed by atoms with E-state index in [-0.39, 0.29) is 12.5 Å². The van der Waals surface area contributed by atoms with Crippen LogP contribution in [0, 0.1) is 0 Å². The van der Waals surface area contributed by atoms with E-state index in [0.29, 0.717) is 0 Å². The van der Waals surface area contributed by atoms with Crippen molar-refractivity contribution in [2.24, 2.45) is 0 Å². The van der Waals surface area contributed by atoms with Crippen LogP contribution in [0.5, 0.6) is 0 Å². The largest absolute Gasteiger partial charge is 0.325 e. The standard InChI is InChI=1S/C14H17N3OS/c1-3-11-4-6-12(7-5-11)16-13(18)10-17-9-8-15-14(17)19-2/h4-9H,3,10H2,1-2H3,(H,16,18). The molecule has 0 aliphatic heterocycles. The van der Waals surface area contributed by atoms with Crippen molar-refractivity contribution in [2.45, 2.75) is 25.0 Å². The Morgan fingerprint density at radius 3 is 2.74 bits per heavy atom. The lowest BCUT2D eigenvalue weighted by molar-refractivity contribution is -0.116. The number of rotatable bonds is 5. The van der Waals surface area contributed by atoms with Gasteiger partial charge in [0.25, 0.3) is 0 Å². The van der Waals surface area contributed by atoms with E-state index in [4.69, 9.17) is 0 Å². The van der Waals surface area contributed by atoms with Gasteiger partial charge in [0.2, 0.25) is 5.91 Å². The number of imidazole rings is 1. The third kappa shape index (κ3) is 3.61. The molecule has 0 fully saturated rings. The maximum absolute atomic E-state index is 11.9. The van der Waals surface area contributed by atoms with Gasteiger partial charge in [-0.15, -0.1) is 0 Å². The van der Waals surface area contributed by atoms with Crippen molar-refractivity contribution in [2.75, 3.05) is 11.6 Å². The van der Waals surface area contributed by atoms with Crippen molar-refractivity contribution in [3.05, 3.63) is 42.2 Å². The molecule has 1 heterocycles. The normalized spacial score (nSPS) is 10.4. The highest BCUT2D eigenvalue weighted by atomic mass is 32.2. The Morgan fingerprint density at radius 1 is 1.37 bits per heavy atom. The topological polar surface area (TPSA) is 46.9 Å². The number of nitrogens with zero attached hydrogens (tertiary/aromatic N) is 2. The first kappa shape index (κ1) is 13.7. The second-order valence-electron chi connectivity index (χ2n) is 4.14. The van der Waals surface area contributed by atoms with Crippen LogP contribution in [-0.4, -0.2) is 21.7 Å². The van der Waals surface area contributed by atoms with Crippen molar-refractivity contribution >= 4 is 23.4 Å². The smallest absolute Gasteiger partial charge is 0.244 e. The molecule has 0 atom stereocenters. The number of hydrogen-bond donors (Lipinski definition) is 1. The highest BCUT2D eigenvalue weighted by Crippen LogP contribution is 2.13. The van der Waals surface area contributed by atoms with Gasteiger partial charge in [0.1, 0.15) is 6.54 Å². The predicted octanol–water partition coefficient (Wildman–Crippen LogP) is 2.81. The number of amides is 1.